The molecule has 15 heavy (non-hydrogen) atoms. The Morgan fingerprint density at radius 2 is 1.53 bits per heavy atom. The van der Waals surface area contributed by atoms with Crippen molar-refractivity contribution in [3.8, 4) is 0 Å². The lowest BCUT2D eigenvalue weighted by atomic mass is 10.1. The number of hydrogen-bond donors (Lipinski definition) is 6. The number of aliphatic hydroxyl groups excluding tert-OH is 6. The van der Waals surface area contributed by atoms with Crippen LogP contribution in [0.1, 0.15) is 6.92 Å². The third kappa shape index (κ3) is 7.37. The van der Waals surface area contributed by atoms with Crippen molar-refractivity contribution in [2.75, 3.05) is 19.8 Å². The average Bonchev–Trinajstić information content (AvgIpc) is 2.25. The molecule has 0 radical (unpaired) electrons. The molecular weight excluding hydrogens is 208 g/mol. The van der Waals surface area contributed by atoms with Gasteiger partial charge in [0.05, 0.1) is 6.61 Å². The van der Waals surface area contributed by atoms with Crippen LogP contribution in [-0.2, 0) is 4.79 Å². The van der Waals surface area contributed by atoms with E-state index in [1.54, 1.807) is 6.92 Å². The second kappa shape index (κ2) is 9.97. The highest BCUT2D eigenvalue weighted by molar-refractivity contribution is 5.84. The van der Waals surface area contributed by atoms with Crippen LogP contribution in [0.4, 0.5) is 0 Å². The van der Waals surface area contributed by atoms with Gasteiger partial charge >= 0.3 is 0 Å². The molecule has 6 N–H and O–H groups in total. The minimum absolute atomic E-state index is 0.250. The van der Waals surface area contributed by atoms with Crippen LogP contribution in [0.5, 0.6) is 0 Å². The van der Waals surface area contributed by atoms with E-state index in [1.807, 2.05) is 0 Å². The summed E-state index contributed by atoms with van der Waals surface area (Å²) in [6.07, 6.45) is -5.22. The first-order valence-corrected chi connectivity index (χ1v) is 4.35. The molecule has 0 saturated carbocycles. The molecule has 7 heteroatoms. The third-order valence-corrected chi connectivity index (χ3v) is 1.39. The second-order valence-corrected chi connectivity index (χ2v) is 2.63. The van der Waals surface area contributed by atoms with E-state index in [0.717, 1.165) is 0 Å². The van der Waals surface area contributed by atoms with E-state index in [9.17, 15) is 4.79 Å². The number of rotatable bonds is 5. The van der Waals surface area contributed by atoms with Crippen LogP contribution in [-0.4, -0.2) is 74.6 Å². The molecule has 0 spiro atoms. The Kier molecular flexibility index (Phi) is 11.2. The number of carbonyl (C=O) groups excluding carboxylic acids is 1. The Bertz CT molecular complexity index is 161. The smallest absolute Gasteiger partial charge is 0.189 e. The topological polar surface area (TPSA) is 138 Å². The molecule has 0 fully saturated rings. The van der Waals surface area contributed by atoms with Crippen LogP contribution in [0.25, 0.3) is 0 Å². The normalized spacial score (nSPS) is 15.9. The summed E-state index contributed by atoms with van der Waals surface area (Å²) in [6.45, 7) is 0.243. The zero-order chi connectivity index (χ0) is 12.4. The summed E-state index contributed by atoms with van der Waals surface area (Å²) in [5, 5.41) is 50.6. The van der Waals surface area contributed by atoms with Gasteiger partial charge in [0.2, 0.25) is 0 Å². The first-order chi connectivity index (χ1) is 6.95. The van der Waals surface area contributed by atoms with Crippen molar-refractivity contribution < 1.29 is 35.4 Å². The molecule has 0 heterocycles. The molecule has 0 aliphatic rings. The lowest BCUT2D eigenvalue weighted by molar-refractivity contribution is -0.142. The summed E-state index contributed by atoms with van der Waals surface area (Å²) < 4.78 is 0. The van der Waals surface area contributed by atoms with Gasteiger partial charge in [-0.25, -0.2) is 0 Å². The van der Waals surface area contributed by atoms with Gasteiger partial charge in [0.25, 0.3) is 0 Å². The van der Waals surface area contributed by atoms with Gasteiger partial charge in [0.1, 0.15) is 24.9 Å². The highest BCUT2D eigenvalue weighted by Gasteiger charge is 2.28. The molecule has 3 atom stereocenters. The molecule has 0 rings (SSSR count). The van der Waals surface area contributed by atoms with Gasteiger partial charge in [-0.1, -0.05) is 0 Å². The van der Waals surface area contributed by atoms with Crippen molar-refractivity contribution in [2.45, 2.75) is 25.2 Å². The van der Waals surface area contributed by atoms with Crippen LogP contribution in [0.2, 0.25) is 0 Å². The van der Waals surface area contributed by atoms with Crippen molar-refractivity contribution in [3.05, 3.63) is 0 Å². The summed E-state index contributed by atoms with van der Waals surface area (Å²) in [6, 6.07) is 0. The maximum absolute atomic E-state index is 10.5. The maximum atomic E-state index is 10.5. The lowest BCUT2D eigenvalue weighted by Gasteiger charge is -2.19. The zero-order valence-electron chi connectivity index (χ0n) is 8.44. The highest BCUT2D eigenvalue weighted by atomic mass is 16.4. The van der Waals surface area contributed by atoms with Crippen molar-refractivity contribution >= 4 is 5.78 Å². The van der Waals surface area contributed by atoms with Crippen LogP contribution >= 0.6 is 0 Å². The van der Waals surface area contributed by atoms with Gasteiger partial charge in [-0.05, 0) is 6.92 Å². The molecule has 7 nitrogen and oxygen atoms in total. The SMILES string of the molecule is CCO.O=C(CO)[C@@H](O)[C@H](O)[C@@H](O)CO. The molecule has 92 valence electrons. The fourth-order valence-corrected chi connectivity index (χ4v) is 0.602. The highest BCUT2D eigenvalue weighted by Crippen LogP contribution is 2.00. The third-order valence-electron chi connectivity index (χ3n) is 1.39. The summed E-state index contributed by atoms with van der Waals surface area (Å²) in [7, 11) is 0. The van der Waals surface area contributed by atoms with Crippen molar-refractivity contribution in [1.29, 1.82) is 0 Å². The molecule has 0 aliphatic carbocycles. The Balaban J connectivity index is 0. The van der Waals surface area contributed by atoms with Crippen molar-refractivity contribution in [3.63, 3.8) is 0 Å². The Morgan fingerprint density at radius 3 is 1.80 bits per heavy atom. The van der Waals surface area contributed by atoms with Crippen LogP contribution in [0, 0.1) is 0 Å². The number of Topliss-reactive ketones (excluding diaryl/α,β-unsaturated/α-hetero) is 1. The van der Waals surface area contributed by atoms with Gasteiger partial charge in [-0.2, -0.15) is 0 Å². The number of hydrogen-bond acceptors (Lipinski definition) is 7. The summed E-state index contributed by atoms with van der Waals surface area (Å²) in [5.41, 5.74) is 0. The Labute approximate surface area is 87.2 Å². The molecule has 0 amide bonds. The molecule has 0 aromatic carbocycles. The molecule has 0 aromatic heterocycles. The molecule has 0 saturated heterocycles. The summed E-state index contributed by atoms with van der Waals surface area (Å²) >= 11 is 0. The van der Waals surface area contributed by atoms with Gasteiger partial charge in [-0.15, -0.1) is 0 Å². The van der Waals surface area contributed by atoms with Crippen LogP contribution in [0.15, 0.2) is 0 Å². The predicted molar refractivity (Wildman–Crippen MR) is 50.0 cm³/mol. The zero-order valence-corrected chi connectivity index (χ0v) is 8.44. The Morgan fingerprint density at radius 1 is 1.13 bits per heavy atom. The van der Waals surface area contributed by atoms with E-state index in [0.29, 0.717) is 0 Å². The van der Waals surface area contributed by atoms with E-state index in [4.69, 9.17) is 30.6 Å². The fraction of sp³-hybridized carbons (Fsp3) is 0.875. The standard InChI is InChI=1S/C6H12O6.C2H6O/c7-1-3(9)5(11)6(12)4(10)2-8;1-2-3/h3,5-9,11-12H,1-2H2;3H,2H2,1H3/t3-,5+,6+;/m0./s1. The minimum atomic E-state index is -1.86. The largest absolute Gasteiger partial charge is 0.397 e. The van der Waals surface area contributed by atoms with Crippen molar-refractivity contribution in [2.24, 2.45) is 0 Å². The molecule has 0 bridgehead atoms. The van der Waals surface area contributed by atoms with Gasteiger partial charge < -0.3 is 30.6 Å². The fourth-order valence-electron chi connectivity index (χ4n) is 0.602. The first kappa shape index (κ1) is 16.8. The number of ketones is 1. The number of aliphatic hydroxyl groups is 6. The second-order valence-electron chi connectivity index (χ2n) is 2.63. The lowest BCUT2D eigenvalue weighted by Crippen LogP contribution is -2.44. The van der Waals surface area contributed by atoms with E-state index in [2.05, 4.69) is 0 Å². The van der Waals surface area contributed by atoms with Gasteiger partial charge in [0.15, 0.2) is 5.78 Å². The molecule has 0 aliphatic heterocycles. The van der Waals surface area contributed by atoms with E-state index in [-0.39, 0.29) is 6.61 Å². The molecule has 0 aromatic rings. The quantitative estimate of drug-likeness (QED) is 0.287. The number of carbonyl (C=O) groups is 1. The molecular formula is C8H18O7. The Hall–Kier alpha value is -0.570. The van der Waals surface area contributed by atoms with Crippen molar-refractivity contribution in [1.82, 2.24) is 0 Å². The minimum Gasteiger partial charge on any atom is -0.397 e. The average molecular weight is 226 g/mol. The van der Waals surface area contributed by atoms with E-state index >= 15 is 0 Å². The molecule has 0 unspecified atom stereocenters. The predicted octanol–water partition coefficient (Wildman–Crippen LogP) is -3.38. The van der Waals surface area contributed by atoms with Gasteiger partial charge in [-0.3, -0.25) is 4.79 Å². The first-order valence-electron chi connectivity index (χ1n) is 4.35. The summed E-state index contributed by atoms with van der Waals surface area (Å²) in [5.74, 6) is -1.00. The van der Waals surface area contributed by atoms with Crippen LogP contribution in [0.3, 0.4) is 0 Å². The van der Waals surface area contributed by atoms with Crippen LogP contribution < -0.4 is 0 Å². The van der Waals surface area contributed by atoms with E-state index < -0.39 is 37.3 Å². The maximum Gasteiger partial charge on any atom is 0.189 e. The van der Waals surface area contributed by atoms with E-state index in [1.165, 1.54) is 0 Å². The monoisotopic (exact) mass is 226 g/mol. The summed E-state index contributed by atoms with van der Waals surface area (Å²) in [4.78, 5) is 10.5. The van der Waals surface area contributed by atoms with Gasteiger partial charge in [0, 0.05) is 6.61 Å².